The van der Waals surface area contributed by atoms with Gasteiger partial charge in [0.2, 0.25) is 5.91 Å². The first-order chi connectivity index (χ1) is 7.54. The number of hydrogen-bond acceptors (Lipinski definition) is 4. The Balaban J connectivity index is 2.87. The van der Waals surface area contributed by atoms with Crippen molar-refractivity contribution in [3.8, 4) is 0 Å². The molecule has 1 amide bonds. The smallest absolute Gasteiger partial charge is 0.289 e. The summed E-state index contributed by atoms with van der Waals surface area (Å²) in [4.78, 5) is 21.1. The molecule has 0 heterocycles. The van der Waals surface area contributed by atoms with Gasteiger partial charge in [-0.25, -0.2) is 0 Å². The highest BCUT2D eigenvalue weighted by Gasteiger charge is 2.13. The first kappa shape index (κ1) is 12.4. The zero-order valence-corrected chi connectivity index (χ0v) is 9.03. The van der Waals surface area contributed by atoms with E-state index in [0.29, 0.717) is 5.69 Å². The average molecular weight is 244 g/mol. The third-order valence-electron chi connectivity index (χ3n) is 1.80. The fourth-order valence-electron chi connectivity index (χ4n) is 1.08. The van der Waals surface area contributed by atoms with Gasteiger partial charge in [0, 0.05) is 24.7 Å². The Hall–Kier alpha value is -1.66. The van der Waals surface area contributed by atoms with Crippen LogP contribution >= 0.6 is 11.6 Å². The maximum Gasteiger partial charge on any atom is 0.289 e. The standard InChI is InChI=1S/C9H10ClN3O3/c10-7-2-1-6(5-8(7)13(15)16)12-9(14)3-4-11/h1-2,5H,3-4,11H2,(H,12,14). The number of nitrogens with one attached hydrogen (secondary N) is 1. The van der Waals surface area contributed by atoms with Crippen LogP contribution in [0.15, 0.2) is 18.2 Å². The lowest BCUT2D eigenvalue weighted by Crippen LogP contribution is -2.16. The zero-order chi connectivity index (χ0) is 12.1. The quantitative estimate of drug-likeness (QED) is 0.619. The predicted octanol–water partition coefficient (Wildman–Crippen LogP) is 1.54. The molecule has 86 valence electrons. The van der Waals surface area contributed by atoms with Gasteiger partial charge in [-0.2, -0.15) is 0 Å². The van der Waals surface area contributed by atoms with Gasteiger partial charge < -0.3 is 11.1 Å². The van der Waals surface area contributed by atoms with Gasteiger partial charge >= 0.3 is 0 Å². The lowest BCUT2D eigenvalue weighted by atomic mass is 10.2. The van der Waals surface area contributed by atoms with Crippen molar-refractivity contribution >= 4 is 28.9 Å². The Morgan fingerprint density at radius 1 is 1.56 bits per heavy atom. The Morgan fingerprint density at radius 2 is 2.25 bits per heavy atom. The summed E-state index contributed by atoms with van der Waals surface area (Å²) in [5.41, 5.74) is 5.28. The number of nitro benzene ring substituents is 1. The highest BCUT2D eigenvalue weighted by molar-refractivity contribution is 6.32. The van der Waals surface area contributed by atoms with Crippen molar-refractivity contribution in [2.75, 3.05) is 11.9 Å². The molecule has 0 aliphatic rings. The Kier molecular flexibility index (Phi) is 4.21. The van der Waals surface area contributed by atoms with E-state index in [-0.39, 0.29) is 29.6 Å². The number of nitrogens with two attached hydrogens (primary N) is 1. The van der Waals surface area contributed by atoms with Gasteiger partial charge in [-0.05, 0) is 12.1 Å². The molecular formula is C9H10ClN3O3. The summed E-state index contributed by atoms with van der Waals surface area (Å²) in [5, 5.41) is 13.1. The number of amides is 1. The van der Waals surface area contributed by atoms with E-state index in [2.05, 4.69) is 5.32 Å². The Bertz CT molecular complexity index is 422. The molecule has 0 saturated carbocycles. The topological polar surface area (TPSA) is 98.3 Å². The largest absolute Gasteiger partial charge is 0.330 e. The SMILES string of the molecule is NCCC(=O)Nc1ccc(Cl)c([N+](=O)[O-])c1. The molecule has 1 aromatic carbocycles. The molecule has 0 aliphatic carbocycles. The number of rotatable bonds is 4. The Labute approximate surface area is 96.5 Å². The van der Waals surface area contributed by atoms with E-state index in [4.69, 9.17) is 17.3 Å². The van der Waals surface area contributed by atoms with Crippen LogP contribution in [0.1, 0.15) is 6.42 Å². The van der Waals surface area contributed by atoms with E-state index >= 15 is 0 Å². The van der Waals surface area contributed by atoms with Crippen molar-refractivity contribution in [1.82, 2.24) is 0 Å². The van der Waals surface area contributed by atoms with Crippen molar-refractivity contribution in [2.24, 2.45) is 5.73 Å². The number of halogens is 1. The molecule has 0 aliphatic heterocycles. The second-order valence-corrected chi connectivity index (χ2v) is 3.42. The van der Waals surface area contributed by atoms with E-state index in [1.54, 1.807) is 0 Å². The van der Waals surface area contributed by atoms with Crippen LogP contribution in [0.3, 0.4) is 0 Å². The first-order valence-electron chi connectivity index (χ1n) is 4.48. The minimum absolute atomic E-state index is 0.0295. The molecule has 7 heteroatoms. The molecule has 0 unspecified atom stereocenters. The van der Waals surface area contributed by atoms with Gasteiger partial charge in [0.25, 0.3) is 5.69 Å². The molecule has 0 spiro atoms. The molecule has 16 heavy (non-hydrogen) atoms. The van der Waals surface area contributed by atoms with Crippen LogP contribution in [0, 0.1) is 10.1 Å². The van der Waals surface area contributed by atoms with Gasteiger partial charge in [0.1, 0.15) is 5.02 Å². The monoisotopic (exact) mass is 243 g/mol. The number of nitro groups is 1. The summed E-state index contributed by atoms with van der Waals surface area (Å²) in [6.07, 6.45) is 0.163. The van der Waals surface area contributed by atoms with Gasteiger partial charge in [0.15, 0.2) is 0 Å². The summed E-state index contributed by atoms with van der Waals surface area (Å²) in [7, 11) is 0. The minimum Gasteiger partial charge on any atom is -0.330 e. The van der Waals surface area contributed by atoms with Crippen molar-refractivity contribution in [3.63, 3.8) is 0 Å². The number of carbonyl (C=O) groups excluding carboxylic acids is 1. The Morgan fingerprint density at radius 3 is 2.81 bits per heavy atom. The molecule has 0 aromatic heterocycles. The van der Waals surface area contributed by atoms with Crippen LogP contribution < -0.4 is 11.1 Å². The summed E-state index contributed by atoms with van der Waals surface area (Å²) >= 11 is 5.61. The highest BCUT2D eigenvalue weighted by atomic mass is 35.5. The summed E-state index contributed by atoms with van der Waals surface area (Å²) < 4.78 is 0. The van der Waals surface area contributed by atoms with Gasteiger partial charge in [-0.15, -0.1) is 0 Å². The van der Waals surface area contributed by atoms with Crippen LogP contribution in [0.5, 0.6) is 0 Å². The van der Waals surface area contributed by atoms with E-state index in [1.807, 2.05) is 0 Å². The van der Waals surface area contributed by atoms with Crippen molar-refractivity contribution in [3.05, 3.63) is 33.3 Å². The molecule has 0 atom stereocenters. The average Bonchev–Trinajstić information content (AvgIpc) is 2.21. The lowest BCUT2D eigenvalue weighted by Gasteiger charge is -2.04. The molecule has 0 bridgehead atoms. The van der Waals surface area contributed by atoms with Crippen LogP contribution in [-0.2, 0) is 4.79 Å². The molecule has 1 aromatic rings. The van der Waals surface area contributed by atoms with Gasteiger partial charge in [-0.1, -0.05) is 11.6 Å². The molecular weight excluding hydrogens is 234 g/mol. The van der Waals surface area contributed by atoms with Crippen LogP contribution in [0.4, 0.5) is 11.4 Å². The van der Waals surface area contributed by atoms with Gasteiger partial charge in [0.05, 0.1) is 4.92 Å². The second kappa shape index (κ2) is 5.43. The second-order valence-electron chi connectivity index (χ2n) is 3.01. The van der Waals surface area contributed by atoms with E-state index < -0.39 is 4.92 Å². The third-order valence-corrected chi connectivity index (χ3v) is 2.12. The van der Waals surface area contributed by atoms with Crippen molar-refractivity contribution in [2.45, 2.75) is 6.42 Å². The summed E-state index contributed by atoms with van der Waals surface area (Å²) in [6.45, 7) is 0.224. The first-order valence-corrected chi connectivity index (χ1v) is 4.86. The maximum atomic E-state index is 11.2. The van der Waals surface area contributed by atoms with Crippen LogP contribution in [0.2, 0.25) is 5.02 Å². The molecule has 6 nitrogen and oxygen atoms in total. The fourth-order valence-corrected chi connectivity index (χ4v) is 1.27. The number of benzene rings is 1. The molecule has 1 rings (SSSR count). The fraction of sp³-hybridized carbons (Fsp3) is 0.222. The normalized spacial score (nSPS) is 9.88. The number of anilines is 1. The van der Waals surface area contributed by atoms with Crippen LogP contribution in [0.25, 0.3) is 0 Å². The van der Waals surface area contributed by atoms with Crippen molar-refractivity contribution in [1.29, 1.82) is 0 Å². The van der Waals surface area contributed by atoms with Crippen LogP contribution in [-0.4, -0.2) is 17.4 Å². The number of nitrogens with zero attached hydrogens (tertiary/aromatic N) is 1. The number of carbonyl (C=O) groups is 1. The van der Waals surface area contributed by atoms with E-state index in [9.17, 15) is 14.9 Å². The predicted molar refractivity (Wildman–Crippen MR) is 60.4 cm³/mol. The zero-order valence-electron chi connectivity index (χ0n) is 8.27. The molecule has 0 saturated heterocycles. The third kappa shape index (κ3) is 3.18. The maximum absolute atomic E-state index is 11.2. The van der Waals surface area contributed by atoms with E-state index in [0.717, 1.165) is 0 Å². The van der Waals surface area contributed by atoms with E-state index in [1.165, 1.54) is 18.2 Å². The summed E-state index contributed by atoms with van der Waals surface area (Å²) in [6, 6.07) is 4.05. The van der Waals surface area contributed by atoms with Gasteiger partial charge in [-0.3, -0.25) is 14.9 Å². The molecule has 0 radical (unpaired) electrons. The summed E-state index contributed by atoms with van der Waals surface area (Å²) in [5.74, 6) is -0.292. The lowest BCUT2D eigenvalue weighted by molar-refractivity contribution is -0.384. The molecule has 0 fully saturated rings. The van der Waals surface area contributed by atoms with Crippen molar-refractivity contribution < 1.29 is 9.72 Å². The minimum atomic E-state index is -0.610. The molecule has 3 N–H and O–H groups in total. The highest BCUT2D eigenvalue weighted by Crippen LogP contribution is 2.27. The number of hydrogen-bond donors (Lipinski definition) is 2.